The van der Waals surface area contributed by atoms with Crippen molar-refractivity contribution in [3.8, 4) is 11.8 Å². The molecule has 0 aliphatic heterocycles. The lowest BCUT2D eigenvalue weighted by Gasteiger charge is -2.21. The van der Waals surface area contributed by atoms with Gasteiger partial charge in [-0.05, 0) is 63.0 Å². The Labute approximate surface area is 176 Å². The van der Waals surface area contributed by atoms with Crippen molar-refractivity contribution in [2.24, 2.45) is 0 Å². The fourth-order valence-corrected chi connectivity index (χ4v) is 3.18. The molecule has 0 saturated heterocycles. The first-order chi connectivity index (χ1) is 14.5. The highest BCUT2D eigenvalue weighted by Gasteiger charge is 2.18. The summed E-state index contributed by atoms with van der Waals surface area (Å²) in [5.41, 5.74) is 2.46. The molecule has 3 aromatic rings. The molecule has 0 fully saturated rings. The molecular formula is C23H25N5O2. The number of aromatic nitrogens is 2. The number of hydrogen-bond acceptors (Lipinski definition) is 5. The van der Waals surface area contributed by atoms with Crippen molar-refractivity contribution in [2.45, 2.75) is 12.5 Å². The monoisotopic (exact) mass is 403 g/mol. The number of benzene rings is 1. The number of nitrogens with zero attached hydrogens (tertiary/aromatic N) is 3. The summed E-state index contributed by atoms with van der Waals surface area (Å²) in [6, 6.07) is 13.1. The molecule has 3 rings (SSSR count). The van der Waals surface area contributed by atoms with Crippen molar-refractivity contribution in [1.29, 1.82) is 5.26 Å². The summed E-state index contributed by atoms with van der Waals surface area (Å²) < 4.78 is 5.22. The number of hydrogen-bond donors (Lipinski definition) is 2. The molecule has 1 amide bonds. The predicted octanol–water partition coefficient (Wildman–Crippen LogP) is 3.29. The number of pyridine rings is 1. The van der Waals surface area contributed by atoms with E-state index < -0.39 is 5.91 Å². The van der Waals surface area contributed by atoms with Gasteiger partial charge in [0.25, 0.3) is 5.91 Å². The number of carbonyl (C=O) groups excluding carboxylic acids is 1. The number of H-pyrrole nitrogens is 1. The van der Waals surface area contributed by atoms with Crippen LogP contribution in [0.1, 0.15) is 23.6 Å². The van der Waals surface area contributed by atoms with Crippen LogP contribution >= 0.6 is 0 Å². The van der Waals surface area contributed by atoms with E-state index >= 15 is 0 Å². The molecule has 0 radical (unpaired) electrons. The van der Waals surface area contributed by atoms with Crippen molar-refractivity contribution in [1.82, 2.24) is 20.2 Å². The molecule has 0 saturated carbocycles. The van der Waals surface area contributed by atoms with E-state index in [0.29, 0.717) is 12.1 Å². The standard InChI is InChI=1S/C23H25N5O2/c1-28(2)12-10-21(16-6-8-19(30-3)9-7-16)27-23(29)17(14-24)13-18-15-26-22-20(18)5-4-11-25-22/h4-9,11,13,15,21H,10,12H2,1-3H3,(H,25,26)(H,27,29)/b17-13+. The molecule has 1 atom stereocenters. The fourth-order valence-electron chi connectivity index (χ4n) is 3.18. The molecule has 1 unspecified atom stereocenters. The lowest BCUT2D eigenvalue weighted by Crippen LogP contribution is -2.31. The summed E-state index contributed by atoms with van der Waals surface area (Å²) in [6.07, 6.45) is 5.73. The normalized spacial score (nSPS) is 12.6. The lowest BCUT2D eigenvalue weighted by atomic mass is 10.0. The number of nitrogens with one attached hydrogen (secondary N) is 2. The second-order valence-corrected chi connectivity index (χ2v) is 7.20. The maximum absolute atomic E-state index is 12.9. The summed E-state index contributed by atoms with van der Waals surface area (Å²) >= 11 is 0. The van der Waals surface area contributed by atoms with Gasteiger partial charge in [-0.15, -0.1) is 0 Å². The zero-order chi connectivity index (χ0) is 21.5. The predicted molar refractivity (Wildman–Crippen MR) is 117 cm³/mol. The van der Waals surface area contributed by atoms with E-state index in [4.69, 9.17) is 4.74 Å². The smallest absolute Gasteiger partial charge is 0.262 e. The maximum Gasteiger partial charge on any atom is 0.262 e. The van der Waals surface area contributed by atoms with Crippen LogP contribution in [0.4, 0.5) is 0 Å². The minimum absolute atomic E-state index is 0.0446. The van der Waals surface area contributed by atoms with Crippen molar-refractivity contribution >= 4 is 23.0 Å². The van der Waals surface area contributed by atoms with Gasteiger partial charge in [0.15, 0.2) is 0 Å². The zero-order valence-corrected chi connectivity index (χ0v) is 17.3. The second kappa shape index (κ2) is 9.72. The third kappa shape index (κ3) is 5.04. The van der Waals surface area contributed by atoms with Gasteiger partial charge in [0.1, 0.15) is 23.0 Å². The average Bonchev–Trinajstić information content (AvgIpc) is 3.17. The van der Waals surface area contributed by atoms with Crippen molar-refractivity contribution in [2.75, 3.05) is 27.7 Å². The molecule has 0 bridgehead atoms. The quantitative estimate of drug-likeness (QED) is 0.445. The zero-order valence-electron chi connectivity index (χ0n) is 17.3. The first kappa shape index (κ1) is 21.1. The highest BCUT2D eigenvalue weighted by Crippen LogP contribution is 2.22. The Kier molecular flexibility index (Phi) is 6.83. The number of carbonyl (C=O) groups is 1. The molecule has 0 aliphatic carbocycles. The Bertz CT molecular complexity index is 1080. The van der Waals surface area contributed by atoms with E-state index in [0.717, 1.165) is 28.8 Å². The maximum atomic E-state index is 12.9. The van der Waals surface area contributed by atoms with Gasteiger partial charge in [-0.2, -0.15) is 5.26 Å². The van der Waals surface area contributed by atoms with Crippen LogP contribution in [0, 0.1) is 11.3 Å². The van der Waals surface area contributed by atoms with Gasteiger partial charge in [-0.1, -0.05) is 12.1 Å². The van der Waals surface area contributed by atoms with Gasteiger partial charge in [0, 0.05) is 23.3 Å². The van der Waals surface area contributed by atoms with Crippen LogP contribution in [0.25, 0.3) is 17.1 Å². The summed E-state index contributed by atoms with van der Waals surface area (Å²) in [4.78, 5) is 22.3. The van der Waals surface area contributed by atoms with E-state index in [1.807, 2.05) is 56.6 Å². The first-order valence-electron chi connectivity index (χ1n) is 9.65. The topological polar surface area (TPSA) is 94.0 Å². The highest BCUT2D eigenvalue weighted by molar-refractivity contribution is 6.03. The highest BCUT2D eigenvalue weighted by atomic mass is 16.5. The Morgan fingerprint density at radius 1 is 1.33 bits per heavy atom. The van der Waals surface area contributed by atoms with Gasteiger partial charge >= 0.3 is 0 Å². The van der Waals surface area contributed by atoms with Gasteiger partial charge in [-0.3, -0.25) is 4.79 Å². The first-order valence-corrected chi connectivity index (χ1v) is 9.65. The summed E-state index contributed by atoms with van der Waals surface area (Å²) in [6.45, 7) is 0.788. The van der Waals surface area contributed by atoms with Gasteiger partial charge in [0.05, 0.1) is 13.2 Å². The summed E-state index contributed by atoms with van der Waals surface area (Å²) in [7, 11) is 5.58. The molecular weight excluding hydrogens is 378 g/mol. The Morgan fingerprint density at radius 2 is 2.10 bits per heavy atom. The van der Waals surface area contributed by atoms with Crippen LogP contribution in [0.15, 0.2) is 54.4 Å². The molecule has 154 valence electrons. The number of fused-ring (bicyclic) bond motifs is 1. The van der Waals surface area contributed by atoms with E-state index in [9.17, 15) is 10.1 Å². The SMILES string of the molecule is COc1ccc(C(CCN(C)C)NC(=O)/C(C#N)=C/c2c[nH]c3ncccc23)cc1. The molecule has 0 aliphatic rings. The molecule has 2 aromatic heterocycles. The van der Waals surface area contributed by atoms with Crippen LogP contribution < -0.4 is 10.1 Å². The fraction of sp³-hybridized carbons (Fsp3) is 0.261. The van der Waals surface area contributed by atoms with Crippen LogP contribution in [-0.2, 0) is 4.79 Å². The summed E-state index contributed by atoms with van der Waals surface area (Å²) in [5, 5.41) is 13.5. The largest absolute Gasteiger partial charge is 0.497 e. The lowest BCUT2D eigenvalue weighted by molar-refractivity contribution is -0.117. The van der Waals surface area contributed by atoms with Gasteiger partial charge < -0.3 is 19.9 Å². The number of amides is 1. The number of methoxy groups -OCH3 is 1. The number of nitriles is 1. The second-order valence-electron chi connectivity index (χ2n) is 7.20. The number of aromatic amines is 1. The number of ether oxygens (including phenoxy) is 1. The Balaban J connectivity index is 1.84. The van der Waals surface area contributed by atoms with Crippen LogP contribution in [0.5, 0.6) is 5.75 Å². The molecule has 0 spiro atoms. The Hall–Kier alpha value is -3.63. The van der Waals surface area contributed by atoms with Crippen LogP contribution in [0.2, 0.25) is 0 Å². The van der Waals surface area contributed by atoms with Crippen molar-refractivity contribution < 1.29 is 9.53 Å². The summed E-state index contributed by atoms with van der Waals surface area (Å²) in [5.74, 6) is 0.345. The third-order valence-electron chi connectivity index (χ3n) is 4.84. The molecule has 7 nitrogen and oxygen atoms in total. The van der Waals surface area contributed by atoms with E-state index in [1.165, 1.54) is 0 Å². The minimum atomic E-state index is -0.407. The van der Waals surface area contributed by atoms with E-state index in [-0.39, 0.29) is 11.6 Å². The van der Waals surface area contributed by atoms with Crippen molar-refractivity contribution in [3.63, 3.8) is 0 Å². The van der Waals surface area contributed by atoms with E-state index in [2.05, 4.69) is 20.2 Å². The van der Waals surface area contributed by atoms with Gasteiger partial charge in [0.2, 0.25) is 0 Å². The van der Waals surface area contributed by atoms with Crippen LogP contribution in [-0.4, -0.2) is 48.5 Å². The van der Waals surface area contributed by atoms with Gasteiger partial charge in [-0.25, -0.2) is 4.98 Å². The molecule has 2 N–H and O–H groups in total. The minimum Gasteiger partial charge on any atom is -0.497 e. The van der Waals surface area contributed by atoms with Crippen LogP contribution in [0.3, 0.4) is 0 Å². The molecule has 7 heteroatoms. The van der Waals surface area contributed by atoms with Crippen molar-refractivity contribution in [3.05, 3.63) is 65.5 Å². The average molecular weight is 403 g/mol. The molecule has 2 heterocycles. The van der Waals surface area contributed by atoms with E-state index in [1.54, 1.807) is 25.6 Å². The number of rotatable bonds is 8. The molecule has 1 aromatic carbocycles. The third-order valence-corrected chi connectivity index (χ3v) is 4.84. The Morgan fingerprint density at radius 3 is 2.77 bits per heavy atom. The molecule has 30 heavy (non-hydrogen) atoms.